The molecule has 1 amide bonds. The van der Waals surface area contributed by atoms with E-state index < -0.39 is 10.8 Å². The normalized spacial score (nSPS) is 39.0. The van der Waals surface area contributed by atoms with E-state index in [-0.39, 0.29) is 87.2 Å². The van der Waals surface area contributed by atoms with Crippen LogP contribution in [0, 0.1) is 68.0 Å². The van der Waals surface area contributed by atoms with Crippen molar-refractivity contribution in [1.29, 1.82) is 0 Å². The lowest BCUT2D eigenvalue weighted by Gasteiger charge is -2.72. The molecule has 7 aliphatic rings. The molecule has 1 aliphatic heterocycles. The van der Waals surface area contributed by atoms with E-state index in [0.29, 0.717) is 24.7 Å². The second kappa shape index (κ2) is 15.3. The zero-order valence-electron chi connectivity index (χ0n) is 39.6. The van der Waals surface area contributed by atoms with Crippen molar-refractivity contribution in [2.75, 3.05) is 19.6 Å². The van der Waals surface area contributed by atoms with Gasteiger partial charge >= 0.3 is 11.9 Å². The van der Waals surface area contributed by atoms with Gasteiger partial charge in [0.05, 0.1) is 17.3 Å². The number of carbonyl (C=O) groups is 4. The summed E-state index contributed by atoms with van der Waals surface area (Å²) in [6.07, 6.45) is 10.8. The van der Waals surface area contributed by atoms with Crippen molar-refractivity contribution in [3.63, 3.8) is 0 Å². The molecule has 1 aromatic carbocycles. The number of likely N-dealkylation sites (tertiary alicyclic amines) is 1. The number of carbonyl (C=O) groups excluding carboxylic acids is 4. The Kier molecular flexibility index (Phi) is 11.2. The average Bonchev–Trinajstić information content (AvgIpc) is 3.80. The maximum Gasteiger partial charge on any atom is 0.309 e. The highest BCUT2D eigenvalue weighted by Gasteiger charge is 2.71. The lowest BCUT2D eigenvalue weighted by Crippen LogP contribution is -2.66. The third-order valence-corrected chi connectivity index (χ3v) is 19.4. The molecule has 2 unspecified atom stereocenters. The SMILES string of the molecule is CC(C)C1=C2[C@H]3CCC4[C@@]5(C)CC[C@H](OC(=O)[C@H]6C[C@@H](C(=O)OCc7ccccc7)C6(C)C)C(C)(C)C5CC[C@@]4(C)[C@]3(C)CC[C@@]2(C(=O)NC(C)(C)CN2CCCC2)CC1=O. The van der Waals surface area contributed by atoms with Gasteiger partial charge in [0.25, 0.3) is 0 Å². The van der Waals surface area contributed by atoms with Gasteiger partial charge in [0.1, 0.15) is 12.7 Å². The highest BCUT2D eigenvalue weighted by atomic mass is 16.5. The molecule has 1 saturated heterocycles. The minimum Gasteiger partial charge on any atom is -0.462 e. The van der Waals surface area contributed by atoms with Gasteiger partial charge in [-0.1, -0.05) is 92.6 Å². The summed E-state index contributed by atoms with van der Waals surface area (Å²) in [5.41, 5.74) is 1.32. The van der Waals surface area contributed by atoms with Gasteiger partial charge in [-0.3, -0.25) is 19.2 Å². The number of amides is 1. The summed E-state index contributed by atoms with van der Waals surface area (Å²) < 4.78 is 12.3. The zero-order valence-corrected chi connectivity index (χ0v) is 39.6. The topological polar surface area (TPSA) is 102 Å². The van der Waals surface area contributed by atoms with Crippen LogP contribution in [0.2, 0.25) is 0 Å². The van der Waals surface area contributed by atoms with Gasteiger partial charge in [-0.2, -0.15) is 0 Å². The van der Waals surface area contributed by atoms with Crippen LogP contribution in [-0.4, -0.2) is 59.8 Å². The molecular formula is C53H78N2O6. The van der Waals surface area contributed by atoms with Crippen LogP contribution >= 0.6 is 0 Å². The number of nitrogens with one attached hydrogen (secondary N) is 1. The number of fused-ring (bicyclic) bond motifs is 7. The van der Waals surface area contributed by atoms with Crippen LogP contribution in [0.3, 0.4) is 0 Å². The monoisotopic (exact) mass is 839 g/mol. The molecule has 6 aliphatic carbocycles. The van der Waals surface area contributed by atoms with E-state index in [1.807, 2.05) is 44.2 Å². The van der Waals surface area contributed by atoms with Crippen LogP contribution in [0.25, 0.3) is 0 Å². The van der Waals surface area contributed by atoms with Gasteiger partial charge in [0.2, 0.25) is 5.91 Å². The number of esters is 2. The number of allylic oxidation sites excluding steroid dienone is 1. The highest BCUT2D eigenvalue weighted by molar-refractivity contribution is 6.07. The first kappa shape index (κ1) is 44.6. The Morgan fingerprint density at radius 1 is 0.803 bits per heavy atom. The number of hydrogen-bond donors (Lipinski definition) is 1. The fraction of sp³-hybridized carbons (Fsp3) is 0.774. The van der Waals surface area contributed by atoms with Crippen LogP contribution in [0.1, 0.15) is 159 Å². The van der Waals surface area contributed by atoms with E-state index in [4.69, 9.17) is 9.47 Å². The third-order valence-electron chi connectivity index (χ3n) is 19.4. The largest absolute Gasteiger partial charge is 0.462 e. The average molecular weight is 839 g/mol. The quantitative estimate of drug-likeness (QED) is 0.234. The van der Waals surface area contributed by atoms with E-state index in [1.54, 1.807) is 0 Å². The third kappa shape index (κ3) is 7.00. The molecule has 0 bridgehead atoms. The summed E-state index contributed by atoms with van der Waals surface area (Å²) in [4.78, 5) is 58.8. The number of ketones is 1. The van der Waals surface area contributed by atoms with Gasteiger partial charge in [0.15, 0.2) is 5.78 Å². The van der Waals surface area contributed by atoms with E-state index in [1.165, 1.54) is 18.4 Å². The molecule has 1 N–H and O–H groups in total. The van der Waals surface area contributed by atoms with Crippen molar-refractivity contribution in [2.45, 2.75) is 171 Å². The summed E-state index contributed by atoms with van der Waals surface area (Å²) in [5.74, 6) is 0.387. The highest BCUT2D eigenvalue weighted by Crippen LogP contribution is 2.77. The molecule has 5 saturated carbocycles. The molecule has 1 heterocycles. The van der Waals surface area contributed by atoms with Crippen molar-refractivity contribution in [3.8, 4) is 0 Å². The van der Waals surface area contributed by atoms with Crippen molar-refractivity contribution < 1.29 is 28.7 Å². The van der Waals surface area contributed by atoms with Crippen molar-refractivity contribution in [2.24, 2.45) is 68.0 Å². The molecule has 10 atom stereocenters. The summed E-state index contributed by atoms with van der Waals surface area (Å²) in [6.45, 7) is 28.3. The Morgan fingerprint density at radius 3 is 2.13 bits per heavy atom. The Morgan fingerprint density at radius 2 is 1.48 bits per heavy atom. The van der Waals surface area contributed by atoms with Crippen molar-refractivity contribution >= 4 is 23.6 Å². The van der Waals surface area contributed by atoms with Crippen LogP contribution < -0.4 is 5.32 Å². The Hall–Kier alpha value is -3.00. The molecule has 0 aromatic heterocycles. The number of benzene rings is 1. The molecule has 1 aromatic rings. The van der Waals surface area contributed by atoms with Gasteiger partial charge < -0.3 is 19.7 Å². The smallest absolute Gasteiger partial charge is 0.309 e. The van der Waals surface area contributed by atoms with E-state index in [9.17, 15) is 19.2 Å². The molecule has 61 heavy (non-hydrogen) atoms. The van der Waals surface area contributed by atoms with Crippen molar-refractivity contribution in [1.82, 2.24) is 10.2 Å². The van der Waals surface area contributed by atoms with E-state index in [0.717, 1.165) is 82.1 Å². The van der Waals surface area contributed by atoms with Crippen molar-refractivity contribution in [3.05, 3.63) is 47.0 Å². The van der Waals surface area contributed by atoms with Gasteiger partial charge in [-0.25, -0.2) is 0 Å². The van der Waals surface area contributed by atoms with Crippen LogP contribution in [-0.2, 0) is 35.3 Å². The second-order valence-corrected chi connectivity index (χ2v) is 24.1. The Labute approximate surface area is 367 Å². The molecule has 8 heteroatoms. The predicted octanol–water partition coefficient (Wildman–Crippen LogP) is 10.3. The number of Topliss-reactive ketones (excluding diaryl/α,β-unsaturated/α-hetero) is 1. The van der Waals surface area contributed by atoms with E-state index in [2.05, 4.69) is 72.5 Å². The molecule has 336 valence electrons. The fourth-order valence-electron chi connectivity index (χ4n) is 15.8. The maximum atomic E-state index is 14.9. The Bertz CT molecular complexity index is 1940. The molecule has 8 rings (SSSR count). The first-order chi connectivity index (χ1) is 28.5. The van der Waals surface area contributed by atoms with Crippen LogP contribution in [0.4, 0.5) is 0 Å². The minimum atomic E-state index is -0.755. The maximum absolute atomic E-state index is 14.9. The number of nitrogens with zero attached hydrogens (tertiary/aromatic N) is 1. The van der Waals surface area contributed by atoms with Gasteiger partial charge in [-0.15, -0.1) is 0 Å². The lowest BCUT2D eigenvalue weighted by molar-refractivity contribution is -0.236. The molecule has 0 radical (unpaired) electrons. The van der Waals surface area contributed by atoms with Crippen LogP contribution in [0.5, 0.6) is 0 Å². The summed E-state index contributed by atoms with van der Waals surface area (Å²) >= 11 is 0. The minimum absolute atomic E-state index is 0.0408. The van der Waals surface area contributed by atoms with Gasteiger partial charge in [0, 0.05) is 23.9 Å². The molecule has 6 fully saturated rings. The lowest BCUT2D eigenvalue weighted by atomic mass is 9.33. The standard InChI is InChI=1S/C53H78N2O6/c1-33(2)42-38(56)30-53(46(59)54-47(3,4)32-55-27-15-16-28-55)26-25-51(10)35(43(42)53)19-20-40-50(9)23-22-41(49(7,8)39(50)21-24-52(40,51)11)61-45(58)37-29-36(48(37,5)6)44(57)60-31-34-17-13-12-14-18-34/h12-14,17-18,33,35-37,39-41H,15-16,19-32H2,1-11H3,(H,54,59)/t35-,36+,37-,39?,40?,41+,50+,51-,52-,53-/m1/s1. The molecule has 8 nitrogen and oxygen atoms in total. The van der Waals surface area contributed by atoms with Gasteiger partial charge in [-0.05, 0) is 160 Å². The number of ether oxygens (including phenoxy) is 2. The molecule has 0 spiro atoms. The summed E-state index contributed by atoms with van der Waals surface area (Å²) in [6, 6.07) is 9.73. The zero-order chi connectivity index (χ0) is 44.1. The van der Waals surface area contributed by atoms with Crippen LogP contribution in [0.15, 0.2) is 41.5 Å². The fourth-order valence-corrected chi connectivity index (χ4v) is 15.8. The number of rotatable bonds is 10. The summed E-state index contributed by atoms with van der Waals surface area (Å²) in [5, 5.41) is 3.55. The molecular weight excluding hydrogens is 761 g/mol. The first-order valence-corrected chi connectivity index (χ1v) is 24.3. The second-order valence-electron chi connectivity index (χ2n) is 24.1. The predicted molar refractivity (Wildman–Crippen MR) is 239 cm³/mol. The Balaban J connectivity index is 0.983. The first-order valence-electron chi connectivity index (χ1n) is 24.3. The number of hydrogen-bond acceptors (Lipinski definition) is 7. The van der Waals surface area contributed by atoms with E-state index >= 15 is 0 Å². The summed E-state index contributed by atoms with van der Waals surface area (Å²) in [7, 11) is 0.